The van der Waals surface area contributed by atoms with Gasteiger partial charge in [-0.05, 0) is 26.1 Å². The molecule has 118 valence electrons. The van der Waals surface area contributed by atoms with Crippen LogP contribution in [0.1, 0.15) is 29.2 Å². The van der Waals surface area contributed by atoms with Gasteiger partial charge in [-0.1, -0.05) is 37.3 Å². The number of carbonyl (C=O) groups excluding carboxylic acids is 1. The molecule has 1 unspecified atom stereocenters. The van der Waals surface area contributed by atoms with Gasteiger partial charge in [-0.25, -0.2) is 4.98 Å². The van der Waals surface area contributed by atoms with Gasteiger partial charge < -0.3 is 4.90 Å². The van der Waals surface area contributed by atoms with E-state index < -0.39 is 0 Å². The number of aryl methyl sites for hydroxylation is 1. The third-order valence-electron chi connectivity index (χ3n) is 3.73. The lowest BCUT2D eigenvalue weighted by Gasteiger charge is -2.30. The number of thiazole rings is 1. The first-order valence-corrected chi connectivity index (χ1v) is 8.32. The molecule has 0 aliphatic carbocycles. The minimum absolute atomic E-state index is 0.0983. The molecular formula is C17H23N3OS. The number of hydrogen-bond donors (Lipinski definition) is 0. The van der Waals surface area contributed by atoms with E-state index in [1.807, 2.05) is 56.7 Å². The lowest BCUT2D eigenvalue weighted by molar-refractivity contribution is -0.136. The van der Waals surface area contributed by atoms with Gasteiger partial charge >= 0.3 is 0 Å². The third kappa shape index (κ3) is 3.93. The fourth-order valence-corrected chi connectivity index (χ4v) is 3.02. The molecule has 0 saturated carbocycles. The van der Waals surface area contributed by atoms with E-state index in [0.29, 0.717) is 6.54 Å². The van der Waals surface area contributed by atoms with Crippen molar-refractivity contribution in [3.8, 4) is 0 Å². The Morgan fingerprint density at radius 1 is 1.27 bits per heavy atom. The first-order valence-electron chi connectivity index (χ1n) is 7.44. The first kappa shape index (κ1) is 16.6. The summed E-state index contributed by atoms with van der Waals surface area (Å²) in [6.07, 6.45) is 0. The molecule has 1 heterocycles. The molecule has 1 aromatic carbocycles. The summed E-state index contributed by atoms with van der Waals surface area (Å²) in [6, 6.07) is 9.69. The molecule has 4 nitrogen and oxygen atoms in total. The number of benzene rings is 1. The smallest absolute Gasteiger partial charge is 0.244 e. The quantitative estimate of drug-likeness (QED) is 0.821. The number of hydrogen-bond acceptors (Lipinski definition) is 4. The van der Waals surface area contributed by atoms with Crippen LogP contribution in [0.3, 0.4) is 0 Å². The normalized spacial score (nSPS) is 12.4. The molecule has 1 atom stereocenters. The van der Waals surface area contributed by atoms with Crippen molar-refractivity contribution in [2.75, 3.05) is 20.6 Å². The van der Waals surface area contributed by atoms with Gasteiger partial charge in [-0.15, -0.1) is 11.3 Å². The van der Waals surface area contributed by atoms with Crippen LogP contribution < -0.4 is 0 Å². The fourth-order valence-electron chi connectivity index (χ4n) is 2.41. The fraction of sp³-hybridized carbons (Fsp3) is 0.412. The molecule has 2 rings (SSSR count). The molecule has 1 aromatic heterocycles. The zero-order valence-electron chi connectivity index (χ0n) is 13.6. The summed E-state index contributed by atoms with van der Waals surface area (Å²) < 4.78 is 0. The molecule has 2 aromatic rings. The monoisotopic (exact) mass is 317 g/mol. The maximum Gasteiger partial charge on any atom is 0.244 e. The average molecular weight is 317 g/mol. The lowest BCUT2D eigenvalue weighted by atomic mass is 10.0. The van der Waals surface area contributed by atoms with Gasteiger partial charge in [-0.3, -0.25) is 9.69 Å². The molecule has 0 radical (unpaired) electrons. The number of aromatic nitrogens is 1. The summed E-state index contributed by atoms with van der Waals surface area (Å²) >= 11 is 1.61. The van der Waals surface area contributed by atoms with Crippen LogP contribution in [0.5, 0.6) is 0 Å². The summed E-state index contributed by atoms with van der Waals surface area (Å²) in [4.78, 5) is 21.2. The van der Waals surface area contributed by atoms with Gasteiger partial charge in [-0.2, -0.15) is 0 Å². The summed E-state index contributed by atoms with van der Waals surface area (Å²) in [5, 5.41) is 3.04. The van der Waals surface area contributed by atoms with Crippen LogP contribution in [0.15, 0.2) is 35.7 Å². The van der Waals surface area contributed by atoms with Crippen molar-refractivity contribution >= 4 is 17.2 Å². The summed E-state index contributed by atoms with van der Waals surface area (Å²) in [5.41, 5.74) is 1.97. The van der Waals surface area contributed by atoms with Gasteiger partial charge in [0.15, 0.2) is 0 Å². The van der Waals surface area contributed by atoms with Crippen molar-refractivity contribution in [1.82, 2.24) is 14.8 Å². The van der Waals surface area contributed by atoms with E-state index in [2.05, 4.69) is 16.8 Å². The highest BCUT2D eigenvalue weighted by molar-refractivity contribution is 7.09. The first-order chi connectivity index (χ1) is 10.5. The van der Waals surface area contributed by atoms with Crippen LogP contribution >= 0.6 is 11.3 Å². The second-order valence-corrected chi connectivity index (χ2v) is 6.50. The van der Waals surface area contributed by atoms with Gasteiger partial charge in [0.25, 0.3) is 0 Å². The van der Waals surface area contributed by atoms with E-state index in [1.54, 1.807) is 16.2 Å². The maximum atomic E-state index is 12.9. The second-order valence-electron chi connectivity index (χ2n) is 5.44. The van der Waals surface area contributed by atoms with Crippen LogP contribution in [-0.4, -0.2) is 41.3 Å². The summed E-state index contributed by atoms with van der Waals surface area (Å²) in [5.74, 6) is 0.0983. The topological polar surface area (TPSA) is 36.4 Å². The van der Waals surface area contributed by atoms with E-state index >= 15 is 0 Å². The highest BCUT2D eigenvalue weighted by atomic mass is 32.1. The Kier molecular flexibility index (Phi) is 5.69. The third-order valence-corrected chi connectivity index (χ3v) is 4.55. The number of likely N-dealkylation sites (N-methyl/N-ethyl adjacent to an activating group) is 2. The molecule has 0 bridgehead atoms. The highest BCUT2D eigenvalue weighted by Gasteiger charge is 2.27. The molecule has 22 heavy (non-hydrogen) atoms. The van der Waals surface area contributed by atoms with E-state index in [1.165, 1.54) is 0 Å². The Labute approximate surface area is 136 Å². The van der Waals surface area contributed by atoms with E-state index in [0.717, 1.165) is 22.8 Å². The van der Waals surface area contributed by atoms with Crippen molar-refractivity contribution in [1.29, 1.82) is 0 Å². The van der Waals surface area contributed by atoms with Crippen molar-refractivity contribution < 1.29 is 4.79 Å². The molecular weight excluding hydrogens is 294 g/mol. The van der Waals surface area contributed by atoms with Crippen LogP contribution in [0.2, 0.25) is 0 Å². The Balaban J connectivity index is 2.18. The number of carbonyl (C=O) groups is 1. The average Bonchev–Trinajstić information content (AvgIpc) is 2.93. The lowest BCUT2D eigenvalue weighted by Crippen LogP contribution is -2.39. The highest BCUT2D eigenvalue weighted by Crippen LogP contribution is 2.22. The summed E-state index contributed by atoms with van der Waals surface area (Å²) in [7, 11) is 3.83. The van der Waals surface area contributed by atoms with Crippen molar-refractivity contribution in [2.24, 2.45) is 0 Å². The molecule has 5 heteroatoms. The molecule has 0 N–H and O–H groups in total. The SMILES string of the molecule is CCN(C)C(C(=O)N(C)Cc1csc(C)n1)c1ccccc1. The van der Waals surface area contributed by atoms with Gasteiger partial charge in [0.1, 0.15) is 6.04 Å². The molecule has 0 saturated heterocycles. The number of amides is 1. The van der Waals surface area contributed by atoms with Gasteiger partial charge in [0.05, 0.1) is 17.2 Å². The van der Waals surface area contributed by atoms with E-state index in [9.17, 15) is 4.79 Å². The standard InChI is InChI=1S/C17H23N3OS/c1-5-19(3)16(14-9-7-6-8-10-14)17(21)20(4)11-15-12-22-13(2)18-15/h6-10,12,16H,5,11H2,1-4H3. The van der Waals surface area contributed by atoms with Crippen LogP contribution in [0.25, 0.3) is 0 Å². The molecule has 0 aliphatic rings. The molecule has 0 fully saturated rings. The van der Waals surface area contributed by atoms with Crippen molar-refractivity contribution in [2.45, 2.75) is 26.4 Å². The van der Waals surface area contributed by atoms with Crippen LogP contribution in [-0.2, 0) is 11.3 Å². The second kappa shape index (κ2) is 7.51. The Hall–Kier alpha value is -1.72. The number of rotatable bonds is 6. The Morgan fingerprint density at radius 2 is 1.95 bits per heavy atom. The molecule has 0 aliphatic heterocycles. The van der Waals surface area contributed by atoms with Crippen LogP contribution in [0.4, 0.5) is 0 Å². The van der Waals surface area contributed by atoms with Gasteiger partial charge in [0.2, 0.25) is 5.91 Å². The van der Waals surface area contributed by atoms with Crippen LogP contribution in [0, 0.1) is 6.92 Å². The minimum atomic E-state index is -0.254. The summed E-state index contributed by atoms with van der Waals surface area (Å²) in [6.45, 7) is 5.40. The molecule has 0 spiro atoms. The Bertz CT molecular complexity index is 611. The predicted octanol–water partition coefficient (Wildman–Crippen LogP) is 3.10. The largest absolute Gasteiger partial charge is 0.338 e. The maximum absolute atomic E-state index is 12.9. The predicted molar refractivity (Wildman–Crippen MR) is 90.8 cm³/mol. The zero-order valence-corrected chi connectivity index (χ0v) is 14.4. The molecule has 1 amide bonds. The number of nitrogens with zero attached hydrogens (tertiary/aromatic N) is 3. The van der Waals surface area contributed by atoms with E-state index in [4.69, 9.17) is 0 Å². The van der Waals surface area contributed by atoms with Crippen molar-refractivity contribution in [3.63, 3.8) is 0 Å². The van der Waals surface area contributed by atoms with Gasteiger partial charge in [0, 0.05) is 12.4 Å². The Morgan fingerprint density at radius 3 is 2.50 bits per heavy atom. The van der Waals surface area contributed by atoms with E-state index in [-0.39, 0.29) is 11.9 Å². The van der Waals surface area contributed by atoms with Crippen molar-refractivity contribution in [3.05, 3.63) is 52.0 Å². The minimum Gasteiger partial charge on any atom is -0.338 e. The zero-order chi connectivity index (χ0) is 16.1.